The van der Waals surface area contributed by atoms with E-state index in [0.29, 0.717) is 11.0 Å². The number of nitrogens with zero attached hydrogens (tertiary/aromatic N) is 3. The zero-order valence-electron chi connectivity index (χ0n) is 8.35. The quantitative estimate of drug-likeness (QED) is 0.729. The number of thioether (sulfide) groups is 1. The first-order valence-electron chi connectivity index (χ1n) is 4.94. The van der Waals surface area contributed by atoms with Crippen molar-refractivity contribution >= 4 is 23.4 Å². The van der Waals surface area contributed by atoms with Crippen molar-refractivity contribution < 1.29 is 0 Å². The molecule has 0 unspecified atom stereocenters. The van der Waals surface area contributed by atoms with Crippen LogP contribution >= 0.6 is 23.4 Å². The van der Waals surface area contributed by atoms with E-state index in [4.69, 9.17) is 11.6 Å². The van der Waals surface area contributed by atoms with Gasteiger partial charge in [-0.3, -0.25) is 4.98 Å². The summed E-state index contributed by atoms with van der Waals surface area (Å²) in [5.41, 5.74) is 2.02. The molecule has 3 heterocycles. The summed E-state index contributed by atoms with van der Waals surface area (Å²) in [6.07, 6.45) is 4.43. The standard InChI is InChI=1S/C11H8ClN3S/c12-10-9-8(3-6-16-9)14-11(15-10)7-1-4-13-5-2-7/h1-2,4-5H,3,6H2. The lowest BCUT2D eigenvalue weighted by atomic mass is 10.2. The fraction of sp³-hybridized carbons (Fsp3) is 0.182. The summed E-state index contributed by atoms with van der Waals surface area (Å²) >= 11 is 7.87. The molecular weight excluding hydrogens is 242 g/mol. The maximum absolute atomic E-state index is 6.14. The Kier molecular flexibility index (Phi) is 2.53. The third-order valence-electron chi connectivity index (χ3n) is 2.42. The SMILES string of the molecule is Clc1nc(-c2ccncc2)nc2c1SCC2. The molecule has 1 aliphatic rings. The summed E-state index contributed by atoms with van der Waals surface area (Å²) in [5.74, 6) is 1.73. The first-order chi connectivity index (χ1) is 7.84. The van der Waals surface area contributed by atoms with Gasteiger partial charge >= 0.3 is 0 Å². The highest BCUT2D eigenvalue weighted by Gasteiger charge is 2.19. The van der Waals surface area contributed by atoms with Gasteiger partial charge in [0.2, 0.25) is 0 Å². The van der Waals surface area contributed by atoms with Gasteiger partial charge in [-0.05, 0) is 12.1 Å². The highest BCUT2D eigenvalue weighted by Crippen LogP contribution is 2.36. The molecule has 16 heavy (non-hydrogen) atoms. The van der Waals surface area contributed by atoms with E-state index in [1.54, 1.807) is 24.2 Å². The lowest BCUT2D eigenvalue weighted by Crippen LogP contribution is -1.96. The molecule has 3 nitrogen and oxygen atoms in total. The van der Waals surface area contributed by atoms with Crippen LogP contribution in [0.2, 0.25) is 5.15 Å². The smallest absolute Gasteiger partial charge is 0.161 e. The van der Waals surface area contributed by atoms with Gasteiger partial charge in [0.05, 0.1) is 10.6 Å². The highest BCUT2D eigenvalue weighted by molar-refractivity contribution is 7.99. The fourth-order valence-electron chi connectivity index (χ4n) is 1.66. The van der Waals surface area contributed by atoms with E-state index in [2.05, 4.69) is 15.0 Å². The van der Waals surface area contributed by atoms with E-state index in [0.717, 1.165) is 28.3 Å². The Morgan fingerprint density at radius 1 is 1.19 bits per heavy atom. The van der Waals surface area contributed by atoms with Crippen LogP contribution in [0.1, 0.15) is 5.69 Å². The zero-order chi connectivity index (χ0) is 11.0. The van der Waals surface area contributed by atoms with Crippen LogP contribution in [-0.2, 0) is 6.42 Å². The normalized spacial score (nSPS) is 13.8. The zero-order valence-corrected chi connectivity index (χ0v) is 9.92. The molecule has 0 saturated heterocycles. The third kappa shape index (κ3) is 1.68. The van der Waals surface area contributed by atoms with Gasteiger partial charge in [-0.15, -0.1) is 11.8 Å². The van der Waals surface area contributed by atoms with E-state index in [1.165, 1.54) is 0 Å². The Morgan fingerprint density at radius 2 is 2.00 bits per heavy atom. The van der Waals surface area contributed by atoms with Gasteiger partial charge in [0.1, 0.15) is 5.15 Å². The minimum atomic E-state index is 0.569. The van der Waals surface area contributed by atoms with Crippen molar-refractivity contribution in [3.05, 3.63) is 35.4 Å². The molecule has 0 N–H and O–H groups in total. The molecule has 2 aromatic heterocycles. The molecule has 0 bridgehead atoms. The van der Waals surface area contributed by atoms with Crippen LogP contribution in [0.15, 0.2) is 29.4 Å². The predicted octanol–water partition coefficient (Wildman–Crippen LogP) is 2.84. The van der Waals surface area contributed by atoms with Crippen LogP contribution in [0.3, 0.4) is 0 Å². The Bertz CT molecular complexity index is 530. The van der Waals surface area contributed by atoms with Crippen molar-refractivity contribution in [3.8, 4) is 11.4 Å². The number of pyridine rings is 1. The summed E-state index contributed by atoms with van der Waals surface area (Å²) in [6.45, 7) is 0. The first-order valence-corrected chi connectivity index (χ1v) is 6.30. The molecule has 1 aliphatic heterocycles. The molecule has 0 fully saturated rings. The topological polar surface area (TPSA) is 38.7 Å². The second kappa shape index (κ2) is 4.03. The monoisotopic (exact) mass is 249 g/mol. The average Bonchev–Trinajstić information content (AvgIpc) is 2.79. The van der Waals surface area contributed by atoms with Crippen LogP contribution in [0.5, 0.6) is 0 Å². The molecule has 0 aromatic carbocycles. The van der Waals surface area contributed by atoms with Crippen LogP contribution in [0, 0.1) is 0 Å². The molecule has 3 rings (SSSR count). The Morgan fingerprint density at radius 3 is 2.81 bits per heavy atom. The van der Waals surface area contributed by atoms with Crippen molar-refractivity contribution in [2.45, 2.75) is 11.3 Å². The molecule has 0 atom stereocenters. The van der Waals surface area contributed by atoms with Crippen molar-refractivity contribution in [2.75, 3.05) is 5.75 Å². The van der Waals surface area contributed by atoms with Gasteiger partial charge in [0.15, 0.2) is 5.82 Å². The largest absolute Gasteiger partial charge is 0.265 e. The average molecular weight is 250 g/mol. The molecule has 2 aromatic rings. The van der Waals surface area contributed by atoms with Crippen LogP contribution in [0.25, 0.3) is 11.4 Å². The maximum Gasteiger partial charge on any atom is 0.161 e. The predicted molar refractivity (Wildman–Crippen MR) is 64.7 cm³/mol. The van der Waals surface area contributed by atoms with Crippen LogP contribution < -0.4 is 0 Å². The number of fused-ring (bicyclic) bond motifs is 1. The second-order valence-corrected chi connectivity index (χ2v) is 4.91. The maximum atomic E-state index is 6.14. The van der Waals surface area contributed by atoms with Crippen molar-refractivity contribution in [2.24, 2.45) is 0 Å². The van der Waals surface area contributed by atoms with Crippen molar-refractivity contribution in [1.82, 2.24) is 15.0 Å². The van der Waals surface area contributed by atoms with Gasteiger partial charge in [0, 0.05) is 30.1 Å². The Labute approximate surface area is 102 Å². The molecule has 0 aliphatic carbocycles. The van der Waals surface area contributed by atoms with Gasteiger partial charge in [-0.1, -0.05) is 11.6 Å². The lowest BCUT2D eigenvalue weighted by molar-refractivity contribution is 0.983. The van der Waals surface area contributed by atoms with E-state index in [-0.39, 0.29) is 0 Å². The van der Waals surface area contributed by atoms with E-state index in [1.807, 2.05) is 12.1 Å². The number of rotatable bonds is 1. The number of halogens is 1. The van der Waals surface area contributed by atoms with E-state index >= 15 is 0 Å². The number of hydrogen-bond donors (Lipinski definition) is 0. The van der Waals surface area contributed by atoms with Gasteiger partial charge in [0.25, 0.3) is 0 Å². The molecule has 0 spiro atoms. The minimum Gasteiger partial charge on any atom is -0.265 e. The molecular formula is C11H8ClN3S. The molecule has 0 saturated carbocycles. The van der Waals surface area contributed by atoms with Crippen LogP contribution in [-0.4, -0.2) is 20.7 Å². The van der Waals surface area contributed by atoms with Gasteiger partial charge < -0.3 is 0 Å². The second-order valence-electron chi connectivity index (χ2n) is 3.45. The number of aromatic nitrogens is 3. The van der Waals surface area contributed by atoms with Crippen molar-refractivity contribution in [1.29, 1.82) is 0 Å². The summed E-state index contributed by atoms with van der Waals surface area (Å²) in [4.78, 5) is 13.9. The summed E-state index contributed by atoms with van der Waals surface area (Å²) in [5, 5.41) is 0.569. The fourth-order valence-corrected chi connectivity index (χ4v) is 2.99. The Hall–Kier alpha value is -1.13. The van der Waals surface area contributed by atoms with Crippen molar-refractivity contribution in [3.63, 3.8) is 0 Å². The molecule has 80 valence electrons. The summed E-state index contributed by atoms with van der Waals surface area (Å²) < 4.78 is 0. The summed E-state index contributed by atoms with van der Waals surface area (Å²) in [6, 6.07) is 3.78. The minimum absolute atomic E-state index is 0.569. The molecule has 0 radical (unpaired) electrons. The number of hydrogen-bond acceptors (Lipinski definition) is 4. The molecule has 5 heteroatoms. The molecule has 0 amide bonds. The Balaban J connectivity index is 2.13. The van der Waals surface area contributed by atoms with Gasteiger partial charge in [-0.25, -0.2) is 9.97 Å². The van der Waals surface area contributed by atoms with E-state index in [9.17, 15) is 0 Å². The van der Waals surface area contributed by atoms with Gasteiger partial charge in [-0.2, -0.15) is 0 Å². The number of aryl methyl sites for hydroxylation is 1. The third-order valence-corrected chi connectivity index (χ3v) is 3.93. The summed E-state index contributed by atoms with van der Waals surface area (Å²) in [7, 11) is 0. The van der Waals surface area contributed by atoms with E-state index < -0.39 is 0 Å². The van der Waals surface area contributed by atoms with Crippen LogP contribution in [0.4, 0.5) is 0 Å². The highest BCUT2D eigenvalue weighted by atomic mass is 35.5. The first kappa shape index (κ1) is 10.1. The lowest BCUT2D eigenvalue weighted by Gasteiger charge is -2.04.